The molecule has 1 amide bonds. The molecule has 1 unspecified atom stereocenters. The number of rotatable bonds is 8. The van der Waals surface area contributed by atoms with Gasteiger partial charge in [0.15, 0.2) is 0 Å². The first kappa shape index (κ1) is 16.0. The summed E-state index contributed by atoms with van der Waals surface area (Å²) in [4.78, 5) is 22.7. The third-order valence-electron chi connectivity index (χ3n) is 3.10. The molecule has 110 valence electrons. The van der Waals surface area contributed by atoms with Crippen molar-refractivity contribution in [1.29, 1.82) is 0 Å². The summed E-state index contributed by atoms with van der Waals surface area (Å²) in [6.45, 7) is 6.70. The lowest BCUT2D eigenvalue weighted by atomic mass is 9.88. The molecule has 2 N–H and O–H groups in total. The second-order valence-electron chi connectivity index (χ2n) is 6.52. The summed E-state index contributed by atoms with van der Waals surface area (Å²) < 4.78 is 5.24. The number of carboxylic acid groups (broad SMARTS) is 1. The van der Waals surface area contributed by atoms with Gasteiger partial charge in [-0.15, -0.1) is 0 Å². The average molecular weight is 271 g/mol. The standard InChI is InChI=1S/C14H25NO4/c1-14(2,3)7-6-11(13(17)18)15-12(16)9-19-8-10-4-5-10/h10-11H,4-9H2,1-3H3,(H,15,16)(H,17,18). The molecule has 0 aromatic carbocycles. The highest BCUT2D eigenvalue weighted by molar-refractivity contribution is 5.84. The van der Waals surface area contributed by atoms with Crippen LogP contribution in [0.15, 0.2) is 0 Å². The summed E-state index contributed by atoms with van der Waals surface area (Å²) in [7, 11) is 0. The van der Waals surface area contributed by atoms with Crippen molar-refractivity contribution in [3.05, 3.63) is 0 Å². The van der Waals surface area contributed by atoms with Gasteiger partial charge in [-0.1, -0.05) is 20.8 Å². The summed E-state index contributed by atoms with van der Waals surface area (Å²) in [5.41, 5.74) is 0.0564. The second kappa shape index (κ2) is 6.89. The van der Waals surface area contributed by atoms with Crippen molar-refractivity contribution in [2.75, 3.05) is 13.2 Å². The second-order valence-corrected chi connectivity index (χ2v) is 6.52. The van der Waals surface area contributed by atoms with Crippen LogP contribution in [0.1, 0.15) is 46.5 Å². The molecule has 0 aromatic heterocycles. The van der Waals surface area contributed by atoms with E-state index in [0.717, 1.165) is 6.42 Å². The monoisotopic (exact) mass is 271 g/mol. The van der Waals surface area contributed by atoms with Gasteiger partial charge in [-0.25, -0.2) is 4.79 Å². The highest BCUT2D eigenvalue weighted by Crippen LogP contribution is 2.28. The van der Waals surface area contributed by atoms with Crippen molar-refractivity contribution in [1.82, 2.24) is 5.32 Å². The molecule has 1 aliphatic carbocycles. The molecule has 0 aromatic rings. The molecule has 19 heavy (non-hydrogen) atoms. The van der Waals surface area contributed by atoms with E-state index in [4.69, 9.17) is 9.84 Å². The topological polar surface area (TPSA) is 75.6 Å². The van der Waals surface area contributed by atoms with Crippen LogP contribution in [0.3, 0.4) is 0 Å². The third-order valence-corrected chi connectivity index (χ3v) is 3.10. The lowest BCUT2D eigenvalue weighted by Gasteiger charge is -2.21. The minimum Gasteiger partial charge on any atom is -0.480 e. The van der Waals surface area contributed by atoms with E-state index in [0.29, 0.717) is 18.9 Å². The van der Waals surface area contributed by atoms with Crippen molar-refractivity contribution < 1.29 is 19.4 Å². The van der Waals surface area contributed by atoms with Crippen LogP contribution in [-0.2, 0) is 14.3 Å². The van der Waals surface area contributed by atoms with Gasteiger partial charge in [0, 0.05) is 0 Å². The van der Waals surface area contributed by atoms with Crippen LogP contribution < -0.4 is 5.32 Å². The maximum absolute atomic E-state index is 11.6. The van der Waals surface area contributed by atoms with Gasteiger partial charge in [0.05, 0.1) is 6.61 Å². The van der Waals surface area contributed by atoms with Gasteiger partial charge in [-0.2, -0.15) is 0 Å². The molecule has 0 bridgehead atoms. The minimum atomic E-state index is -0.986. The van der Waals surface area contributed by atoms with E-state index in [9.17, 15) is 9.59 Å². The van der Waals surface area contributed by atoms with E-state index in [1.165, 1.54) is 12.8 Å². The van der Waals surface area contributed by atoms with Gasteiger partial charge in [-0.3, -0.25) is 4.79 Å². The predicted molar refractivity (Wildman–Crippen MR) is 71.8 cm³/mol. The molecule has 0 spiro atoms. The lowest BCUT2D eigenvalue weighted by Crippen LogP contribution is -2.43. The van der Waals surface area contributed by atoms with Crippen molar-refractivity contribution in [2.24, 2.45) is 11.3 Å². The van der Waals surface area contributed by atoms with Crippen LogP contribution in [0.5, 0.6) is 0 Å². The van der Waals surface area contributed by atoms with Crippen LogP contribution in [-0.4, -0.2) is 36.2 Å². The van der Waals surface area contributed by atoms with Crippen molar-refractivity contribution >= 4 is 11.9 Å². The molecule has 1 fully saturated rings. The molecule has 0 saturated heterocycles. The molecular formula is C14H25NO4. The fraction of sp³-hybridized carbons (Fsp3) is 0.857. The lowest BCUT2D eigenvalue weighted by molar-refractivity contribution is -0.142. The first-order valence-corrected chi connectivity index (χ1v) is 6.88. The van der Waals surface area contributed by atoms with E-state index in [-0.39, 0.29) is 17.9 Å². The van der Waals surface area contributed by atoms with Gasteiger partial charge in [0.2, 0.25) is 5.91 Å². The molecule has 0 heterocycles. The first-order chi connectivity index (χ1) is 8.78. The Balaban J connectivity index is 2.26. The van der Waals surface area contributed by atoms with Gasteiger partial charge < -0.3 is 15.2 Å². The number of amides is 1. The smallest absolute Gasteiger partial charge is 0.326 e. The van der Waals surface area contributed by atoms with Gasteiger partial charge in [0.1, 0.15) is 12.6 Å². The van der Waals surface area contributed by atoms with Crippen molar-refractivity contribution in [2.45, 2.75) is 52.5 Å². The van der Waals surface area contributed by atoms with Crippen molar-refractivity contribution in [3.8, 4) is 0 Å². The Kier molecular flexibility index (Phi) is 5.79. The van der Waals surface area contributed by atoms with Gasteiger partial charge in [0.25, 0.3) is 0 Å². The zero-order chi connectivity index (χ0) is 14.5. The van der Waals surface area contributed by atoms with Crippen LogP contribution in [0.25, 0.3) is 0 Å². The molecule has 0 aliphatic heterocycles. The Morgan fingerprint density at radius 3 is 2.47 bits per heavy atom. The van der Waals surface area contributed by atoms with E-state index in [1.54, 1.807) is 0 Å². The SMILES string of the molecule is CC(C)(C)CCC(NC(=O)COCC1CC1)C(=O)O. The molecule has 5 nitrogen and oxygen atoms in total. The number of hydrogen-bond acceptors (Lipinski definition) is 3. The fourth-order valence-corrected chi connectivity index (χ4v) is 1.67. The number of carbonyl (C=O) groups is 2. The Bertz CT molecular complexity index is 318. The number of carbonyl (C=O) groups excluding carboxylic acids is 1. The number of nitrogens with one attached hydrogen (secondary N) is 1. The quantitative estimate of drug-likeness (QED) is 0.706. The summed E-state index contributed by atoms with van der Waals surface area (Å²) >= 11 is 0. The predicted octanol–water partition coefficient (Wildman–Crippen LogP) is 1.81. The molecule has 1 rings (SSSR count). The Morgan fingerprint density at radius 2 is 2.00 bits per heavy atom. The summed E-state index contributed by atoms with van der Waals surface area (Å²) in [5, 5.41) is 11.6. The molecule has 1 atom stereocenters. The maximum atomic E-state index is 11.6. The number of hydrogen-bond donors (Lipinski definition) is 2. The molecular weight excluding hydrogens is 246 g/mol. The summed E-state index contributed by atoms with van der Waals surface area (Å²) in [5.74, 6) is -0.731. The van der Waals surface area contributed by atoms with Crippen LogP contribution in [0.4, 0.5) is 0 Å². The van der Waals surface area contributed by atoms with E-state index < -0.39 is 12.0 Å². The minimum absolute atomic E-state index is 0.0458. The van der Waals surface area contributed by atoms with Crippen LogP contribution in [0, 0.1) is 11.3 Å². The Morgan fingerprint density at radius 1 is 1.37 bits per heavy atom. The van der Waals surface area contributed by atoms with Crippen LogP contribution >= 0.6 is 0 Å². The number of ether oxygens (including phenoxy) is 1. The zero-order valence-electron chi connectivity index (χ0n) is 12.1. The largest absolute Gasteiger partial charge is 0.480 e. The van der Waals surface area contributed by atoms with Crippen molar-refractivity contribution in [3.63, 3.8) is 0 Å². The Hall–Kier alpha value is -1.10. The summed E-state index contributed by atoms with van der Waals surface area (Å²) in [6, 6.07) is -0.823. The molecule has 5 heteroatoms. The zero-order valence-corrected chi connectivity index (χ0v) is 12.1. The Labute approximate surface area is 114 Å². The number of aliphatic carboxylic acids is 1. The normalized spacial score (nSPS) is 17.0. The van der Waals surface area contributed by atoms with E-state index in [2.05, 4.69) is 5.32 Å². The fourth-order valence-electron chi connectivity index (χ4n) is 1.67. The molecule has 1 aliphatic rings. The first-order valence-electron chi connectivity index (χ1n) is 6.88. The van der Waals surface area contributed by atoms with Gasteiger partial charge in [-0.05, 0) is 37.0 Å². The molecule has 1 saturated carbocycles. The van der Waals surface area contributed by atoms with E-state index >= 15 is 0 Å². The van der Waals surface area contributed by atoms with Gasteiger partial charge >= 0.3 is 5.97 Å². The highest BCUT2D eigenvalue weighted by Gasteiger charge is 2.24. The van der Waals surface area contributed by atoms with Crippen LogP contribution in [0.2, 0.25) is 0 Å². The molecule has 0 radical (unpaired) electrons. The van der Waals surface area contributed by atoms with E-state index in [1.807, 2.05) is 20.8 Å². The number of carboxylic acids is 1. The third kappa shape index (κ3) is 7.82. The summed E-state index contributed by atoms with van der Waals surface area (Å²) in [6.07, 6.45) is 3.52. The maximum Gasteiger partial charge on any atom is 0.326 e. The highest BCUT2D eigenvalue weighted by atomic mass is 16.5. The average Bonchev–Trinajstić information content (AvgIpc) is 3.06.